The van der Waals surface area contributed by atoms with Crippen molar-refractivity contribution in [1.82, 2.24) is 15.2 Å². The van der Waals surface area contributed by atoms with Crippen LogP contribution in [-0.4, -0.2) is 41.5 Å². The molecule has 22 heavy (non-hydrogen) atoms. The lowest BCUT2D eigenvalue weighted by Crippen LogP contribution is -2.43. The molecule has 2 aliphatic rings. The molecule has 4 rings (SSSR count). The number of rotatable bonds is 2. The highest BCUT2D eigenvalue weighted by atomic mass is 32.1. The molecular weight excluding hydrogens is 294 g/mol. The third kappa shape index (κ3) is 2.39. The SMILES string of the molecule is CC#Cc1cc2cnc(C(=O)NC3CN4CC[C@H]3C4)cc2s1. The van der Waals surface area contributed by atoms with E-state index in [1.807, 2.05) is 19.1 Å². The molecule has 4 heterocycles. The number of fused-ring (bicyclic) bond motifs is 3. The Balaban J connectivity index is 1.54. The number of piperidine rings is 1. The predicted octanol–water partition coefficient (Wildman–Crippen LogP) is 2.10. The van der Waals surface area contributed by atoms with Crippen molar-refractivity contribution in [2.45, 2.75) is 19.4 Å². The van der Waals surface area contributed by atoms with Gasteiger partial charge in [0.1, 0.15) is 5.69 Å². The van der Waals surface area contributed by atoms with Gasteiger partial charge in [0.05, 0.1) is 4.88 Å². The van der Waals surface area contributed by atoms with Crippen molar-refractivity contribution in [2.75, 3.05) is 19.6 Å². The van der Waals surface area contributed by atoms with Crippen LogP contribution in [0, 0.1) is 17.8 Å². The topological polar surface area (TPSA) is 45.2 Å². The number of carbonyl (C=O) groups is 1. The maximum atomic E-state index is 12.4. The summed E-state index contributed by atoms with van der Waals surface area (Å²) in [5, 5.41) is 4.20. The number of nitrogens with zero attached hydrogens (tertiary/aromatic N) is 2. The molecule has 0 spiro atoms. The molecule has 5 heteroatoms. The van der Waals surface area contributed by atoms with Crippen LogP contribution >= 0.6 is 11.3 Å². The molecule has 0 aliphatic carbocycles. The number of pyridine rings is 1. The second kappa shape index (κ2) is 5.38. The fourth-order valence-electron chi connectivity index (χ4n) is 3.43. The number of aromatic nitrogens is 1. The smallest absolute Gasteiger partial charge is 0.270 e. The van der Waals surface area contributed by atoms with Gasteiger partial charge >= 0.3 is 0 Å². The van der Waals surface area contributed by atoms with Gasteiger partial charge in [-0.25, -0.2) is 0 Å². The fraction of sp³-hybridized carbons (Fsp3) is 0.412. The number of amides is 1. The summed E-state index contributed by atoms with van der Waals surface area (Å²) in [6, 6.07) is 4.18. The zero-order valence-corrected chi connectivity index (χ0v) is 13.2. The van der Waals surface area contributed by atoms with E-state index in [1.165, 1.54) is 13.0 Å². The number of carbonyl (C=O) groups excluding carboxylic acids is 1. The summed E-state index contributed by atoms with van der Waals surface area (Å²) in [4.78, 5) is 20.2. The lowest BCUT2D eigenvalue weighted by atomic mass is 10.00. The molecule has 0 aromatic carbocycles. The maximum Gasteiger partial charge on any atom is 0.270 e. The average Bonchev–Trinajstić information content (AvgIpc) is 3.20. The van der Waals surface area contributed by atoms with Gasteiger partial charge < -0.3 is 10.2 Å². The Morgan fingerprint density at radius 1 is 1.45 bits per heavy atom. The lowest BCUT2D eigenvalue weighted by Gasteiger charge is -2.22. The van der Waals surface area contributed by atoms with Gasteiger partial charge in [-0.05, 0) is 37.9 Å². The fourth-order valence-corrected chi connectivity index (χ4v) is 4.41. The van der Waals surface area contributed by atoms with E-state index in [9.17, 15) is 4.79 Å². The third-order valence-corrected chi connectivity index (χ3v) is 5.54. The lowest BCUT2D eigenvalue weighted by molar-refractivity contribution is 0.0919. The Morgan fingerprint density at radius 3 is 3.09 bits per heavy atom. The zero-order chi connectivity index (χ0) is 15.1. The molecule has 0 radical (unpaired) electrons. The van der Waals surface area contributed by atoms with Crippen molar-refractivity contribution in [3.8, 4) is 11.8 Å². The van der Waals surface area contributed by atoms with Gasteiger partial charge in [0.15, 0.2) is 0 Å². The minimum atomic E-state index is -0.0582. The molecule has 2 aromatic heterocycles. The van der Waals surface area contributed by atoms with E-state index < -0.39 is 0 Å². The number of nitrogens with one attached hydrogen (secondary N) is 1. The average molecular weight is 311 g/mol. The standard InChI is InChI=1S/C17H17N3OS/c1-2-3-13-6-12-8-18-14(7-16(12)22-13)17(21)19-15-10-20-5-4-11(15)9-20/h6-8,11,15H,4-5,9-10H2,1H3,(H,19,21)/t11-,15?/m0/s1. The van der Waals surface area contributed by atoms with Gasteiger partial charge in [0.25, 0.3) is 5.91 Å². The predicted molar refractivity (Wildman–Crippen MR) is 88.0 cm³/mol. The highest BCUT2D eigenvalue weighted by Crippen LogP contribution is 2.28. The van der Waals surface area contributed by atoms with E-state index in [2.05, 4.69) is 27.0 Å². The van der Waals surface area contributed by atoms with E-state index in [0.29, 0.717) is 11.6 Å². The summed E-state index contributed by atoms with van der Waals surface area (Å²) in [7, 11) is 0. The molecule has 3 atom stereocenters. The Labute approximate surface area is 133 Å². The largest absolute Gasteiger partial charge is 0.346 e. The zero-order valence-electron chi connectivity index (χ0n) is 12.4. The molecule has 2 aromatic rings. The van der Waals surface area contributed by atoms with Crippen LogP contribution < -0.4 is 5.32 Å². The van der Waals surface area contributed by atoms with Crippen molar-refractivity contribution >= 4 is 27.3 Å². The van der Waals surface area contributed by atoms with Crippen molar-refractivity contribution in [3.05, 3.63) is 28.9 Å². The molecule has 2 unspecified atom stereocenters. The molecule has 1 amide bonds. The number of hydrogen-bond donors (Lipinski definition) is 1. The minimum absolute atomic E-state index is 0.0582. The Morgan fingerprint density at radius 2 is 2.36 bits per heavy atom. The first-order valence-electron chi connectivity index (χ1n) is 7.58. The number of thiophene rings is 1. The summed E-state index contributed by atoms with van der Waals surface area (Å²) in [6.07, 6.45) is 2.97. The summed E-state index contributed by atoms with van der Waals surface area (Å²) >= 11 is 1.61. The van der Waals surface area contributed by atoms with E-state index in [0.717, 1.165) is 28.1 Å². The molecule has 2 bridgehead atoms. The first-order valence-corrected chi connectivity index (χ1v) is 8.40. The highest BCUT2D eigenvalue weighted by molar-refractivity contribution is 7.19. The molecule has 2 fully saturated rings. The minimum Gasteiger partial charge on any atom is -0.346 e. The van der Waals surface area contributed by atoms with Crippen molar-refractivity contribution in [3.63, 3.8) is 0 Å². The molecule has 0 saturated carbocycles. The van der Waals surface area contributed by atoms with Crippen LogP contribution in [0.25, 0.3) is 10.1 Å². The summed E-state index contributed by atoms with van der Waals surface area (Å²) < 4.78 is 1.06. The Hall–Kier alpha value is -1.90. The van der Waals surface area contributed by atoms with E-state index in [1.54, 1.807) is 17.5 Å². The number of hydrogen-bond acceptors (Lipinski definition) is 4. The van der Waals surface area contributed by atoms with Gasteiger partial charge in [0, 0.05) is 35.4 Å². The van der Waals surface area contributed by atoms with Crippen molar-refractivity contribution < 1.29 is 4.79 Å². The van der Waals surface area contributed by atoms with E-state index in [4.69, 9.17) is 0 Å². The normalized spacial score (nSPS) is 26.0. The van der Waals surface area contributed by atoms with Crippen LogP contribution in [0.5, 0.6) is 0 Å². The first kappa shape index (κ1) is 13.7. The molecule has 1 N–H and O–H groups in total. The van der Waals surface area contributed by atoms with Crippen LogP contribution in [-0.2, 0) is 0 Å². The summed E-state index contributed by atoms with van der Waals surface area (Å²) in [5.74, 6) is 6.51. The van der Waals surface area contributed by atoms with Crippen LogP contribution in [0.15, 0.2) is 18.3 Å². The Bertz CT molecular complexity index is 801. The van der Waals surface area contributed by atoms with Gasteiger partial charge in [0.2, 0.25) is 0 Å². The maximum absolute atomic E-state index is 12.4. The molecule has 112 valence electrons. The van der Waals surface area contributed by atoms with Crippen LogP contribution in [0.1, 0.15) is 28.7 Å². The third-order valence-electron chi connectivity index (χ3n) is 4.53. The molecule has 2 saturated heterocycles. The first-order chi connectivity index (χ1) is 10.7. The highest BCUT2D eigenvalue weighted by Gasteiger charge is 2.38. The second-order valence-corrected chi connectivity index (χ2v) is 7.07. The van der Waals surface area contributed by atoms with Crippen molar-refractivity contribution in [1.29, 1.82) is 0 Å². The summed E-state index contributed by atoms with van der Waals surface area (Å²) in [5.41, 5.74) is 0.503. The molecule has 2 aliphatic heterocycles. The summed E-state index contributed by atoms with van der Waals surface area (Å²) in [6.45, 7) is 5.11. The monoisotopic (exact) mass is 311 g/mol. The molecular formula is C17H17N3OS. The van der Waals surface area contributed by atoms with E-state index in [-0.39, 0.29) is 11.9 Å². The van der Waals surface area contributed by atoms with Gasteiger partial charge in [-0.3, -0.25) is 9.78 Å². The second-order valence-electron chi connectivity index (χ2n) is 5.98. The van der Waals surface area contributed by atoms with Gasteiger partial charge in [-0.2, -0.15) is 0 Å². The quantitative estimate of drug-likeness (QED) is 0.864. The van der Waals surface area contributed by atoms with E-state index >= 15 is 0 Å². The van der Waals surface area contributed by atoms with Crippen molar-refractivity contribution in [2.24, 2.45) is 5.92 Å². The van der Waals surface area contributed by atoms with Gasteiger partial charge in [-0.15, -0.1) is 17.3 Å². The van der Waals surface area contributed by atoms with Crippen LogP contribution in [0.4, 0.5) is 0 Å². The van der Waals surface area contributed by atoms with Gasteiger partial charge in [-0.1, -0.05) is 5.92 Å². The molecule has 4 nitrogen and oxygen atoms in total. The Kier molecular flexibility index (Phi) is 3.36. The van der Waals surface area contributed by atoms with Crippen LogP contribution in [0.2, 0.25) is 0 Å². The van der Waals surface area contributed by atoms with Crippen LogP contribution in [0.3, 0.4) is 0 Å².